The van der Waals surface area contributed by atoms with Crippen LogP contribution in [0.2, 0.25) is 0 Å². The number of rotatable bonds is 5. The van der Waals surface area contributed by atoms with Crippen molar-refractivity contribution in [2.45, 2.75) is 18.9 Å². The number of benzene rings is 1. The number of amides is 1. The molecule has 1 heterocycles. The minimum absolute atomic E-state index is 0.00539. The van der Waals surface area contributed by atoms with Gasteiger partial charge in [-0.3, -0.25) is 4.79 Å². The smallest absolute Gasteiger partial charge is 0.253 e. The van der Waals surface area contributed by atoms with Crippen LogP contribution >= 0.6 is 0 Å². The zero-order chi connectivity index (χ0) is 16.2. The van der Waals surface area contributed by atoms with Crippen LogP contribution in [0.3, 0.4) is 0 Å². The average Bonchev–Trinajstić information content (AvgIpc) is 3.38. The largest absolute Gasteiger partial charge is 0.374 e. The lowest BCUT2D eigenvalue weighted by Crippen LogP contribution is -2.48. The SMILES string of the molecule is CN1CCO[C@@H](CN(CC2CC2)C(=O)c2cccc(C#N)c2)C1. The molecule has 2 aliphatic rings. The van der Waals surface area contributed by atoms with Gasteiger partial charge in [-0.1, -0.05) is 6.07 Å². The van der Waals surface area contributed by atoms with Crippen molar-refractivity contribution in [3.05, 3.63) is 35.4 Å². The Hall–Kier alpha value is -1.90. The third-order valence-electron chi connectivity index (χ3n) is 4.47. The van der Waals surface area contributed by atoms with Gasteiger partial charge in [0.25, 0.3) is 5.91 Å². The van der Waals surface area contributed by atoms with E-state index in [1.54, 1.807) is 24.3 Å². The van der Waals surface area contributed by atoms with Crippen LogP contribution in [-0.4, -0.2) is 61.6 Å². The molecule has 0 radical (unpaired) electrons. The topological polar surface area (TPSA) is 56.6 Å². The molecule has 3 rings (SSSR count). The fourth-order valence-corrected chi connectivity index (χ4v) is 2.98. The van der Waals surface area contributed by atoms with Gasteiger partial charge in [-0.25, -0.2) is 0 Å². The summed E-state index contributed by atoms with van der Waals surface area (Å²) >= 11 is 0. The van der Waals surface area contributed by atoms with Gasteiger partial charge in [-0.15, -0.1) is 0 Å². The van der Waals surface area contributed by atoms with Gasteiger partial charge in [-0.2, -0.15) is 5.26 Å². The molecule has 1 aromatic carbocycles. The number of nitrogens with zero attached hydrogens (tertiary/aromatic N) is 3. The zero-order valence-corrected chi connectivity index (χ0v) is 13.6. The zero-order valence-electron chi connectivity index (χ0n) is 13.6. The Balaban J connectivity index is 1.72. The van der Waals surface area contributed by atoms with Gasteiger partial charge in [-0.05, 0) is 44.0 Å². The molecule has 2 fully saturated rings. The molecular weight excluding hydrogens is 290 g/mol. The number of carbonyl (C=O) groups is 1. The highest BCUT2D eigenvalue weighted by molar-refractivity contribution is 5.94. The summed E-state index contributed by atoms with van der Waals surface area (Å²) in [6.07, 6.45) is 2.47. The van der Waals surface area contributed by atoms with E-state index >= 15 is 0 Å². The van der Waals surface area contributed by atoms with E-state index in [1.165, 1.54) is 12.8 Å². The second-order valence-electron chi connectivity index (χ2n) is 6.60. The third-order valence-corrected chi connectivity index (χ3v) is 4.47. The maximum atomic E-state index is 12.9. The molecule has 0 unspecified atom stereocenters. The molecule has 0 spiro atoms. The second-order valence-corrected chi connectivity index (χ2v) is 6.60. The number of hydrogen-bond acceptors (Lipinski definition) is 4. The highest BCUT2D eigenvalue weighted by Crippen LogP contribution is 2.30. The summed E-state index contributed by atoms with van der Waals surface area (Å²) in [6, 6.07) is 9.06. The molecule has 23 heavy (non-hydrogen) atoms. The Morgan fingerprint density at radius 2 is 2.26 bits per heavy atom. The molecule has 0 bridgehead atoms. The maximum absolute atomic E-state index is 12.9. The molecule has 1 amide bonds. The Morgan fingerprint density at radius 3 is 2.96 bits per heavy atom. The van der Waals surface area contributed by atoms with E-state index in [0.717, 1.165) is 26.2 Å². The minimum atomic E-state index is 0.00539. The van der Waals surface area contributed by atoms with Crippen molar-refractivity contribution in [2.75, 3.05) is 39.8 Å². The van der Waals surface area contributed by atoms with E-state index in [0.29, 0.717) is 23.6 Å². The van der Waals surface area contributed by atoms with Crippen molar-refractivity contribution >= 4 is 5.91 Å². The molecule has 0 N–H and O–H groups in total. The van der Waals surface area contributed by atoms with Gasteiger partial charge in [0.05, 0.1) is 24.3 Å². The van der Waals surface area contributed by atoms with Crippen molar-refractivity contribution in [1.29, 1.82) is 5.26 Å². The summed E-state index contributed by atoms with van der Waals surface area (Å²) in [5.74, 6) is 0.630. The first-order valence-corrected chi connectivity index (χ1v) is 8.25. The van der Waals surface area contributed by atoms with Crippen LogP contribution in [0.15, 0.2) is 24.3 Å². The fraction of sp³-hybridized carbons (Fsp3) is 0.556. The maximum Gasteiger partial charge on any atom is 0.253 e. The Labute approximate surface area is 137 Å². The summed E-state index contributed by atoms with van der Waals surface area (Å²) in [5.41, 5.74) is 1.12. The molecule has 1 aliphatic carbocycles. The van der Waals surface area contributed by atoms with Crippen LogP contribution in [0, 0.1) is 17.2 Å². The van der Waals surface area contributed by atoms with Gasteiger partial charge >= 0.3 is 0 Å². The first-order chi connectivity index (χ1) is 11.2. The fourth-order valence-electron chi connectivity index (χ4n) is 2.98. The van der Waals surface area contributed by atoms with Gasteiger partial charge in [0.1, 0.15) is 0 Å². The first-order valence-electron chi connectivity index (χ1n) is 8.25. The summed E-state index contributed by atoms with van der Waals surface area (Å²) in [6.45, 7) is 3.93. The van der Waals surface area contributed by atoms with E-state index in [2.05, 4.69) is 18.0 Å². The molecular formula is C18H23N3O2. The number of likely N-dealkylation sites (N-methyl/N-ethyl adjacent to an activating group) is 1. The van der Waals surface area contributed by atoms with Crippen LogP contribution in [0.1, 0.15) is 28.8 Å². The van der Waals surface area contributed by atoms with E-state index in [1.807, 2.05) is 4.90 Å². The van der Waals surface area contributed by atoms with E-state index in [4.69, 9.17) is 10.00 Å². The predicted octanol–water partition coefficient (Wildman–Crippen LogP) is 1.74. The van der Waals surface area contributed by atoms with Crippen LogP contribution in [0.25, 0.3) is 0 Å². The number of ether oxygens (including phenoxy) is 1. The molecule has 5 nitrogen and oxygen atoms in total. The van der Waals surface area contributed by atoms with Crippen molar-refractivity contribution in [3.8, 4) is 6.07 Å². The monoisotopic (exact) mass is 313 g/mol. The summed E-state index contributed by atoms with van der Waals surface area (Å²) in [5, 5.41) is 9.03. The number of morpholine rings is 1. The van der Waals surface area contributed by atoms with Gasteiger partial charge in [0, 0.05) is 31.7 Å². The van der Waals surface area contributed by atoms with Crippen LogP contribution < -0.4 is 0 Å². The molecule has 1 aliphatic heterocycles. The van der Waals surface area contributed by atoms with Crippen LogP contribution in [-0.2, 0) is 4.74 Å². The molecule has 1 saturated carbocycles. The highest BCUT2D eigenvalue weighted by atomic mass is 16.5. The van der Waals surface area contributed by atoms with Crippen molar-refractivity contribution in [3.63, 3.8) is 0 Å². The molecule has 0 aromatic heterocycles. The third kappa shape index (κ3) is 4.31. The normalized spacial score (nSPS) is 21.7. The van der Waals surface area contributed by atoms with Gasteiger partial charge < -0.3 is 14.5 Å². The Bertz CT molecular complexity index is 607. The first kappa shape index (κ1) is 16.0. The lowest BCUT2D eigenvalue weighted by atomic mass is 10.1. The molecule has 1 aromatic rings. The molecule has 122 valence electrons. The van der Waals surface area contributed by atoms with Crippen molar-refractivity contribution in [2.24, 2.45) is 5.92 Å². The van der Waals surface area contributed by atoms with E-state index in [-0.39, 0.29) is 12.0 Å². The number of nitriles is 1. The Kier molecular flexibility index (Phi) is 4.94. The summed E-state index contributed by atoms with van der Waals surface area (Å²) in [4.78, 5) is 17.0. The minimum Gasteiger partial charge on any atom is -0.374 e. The molecule has 1 saturated heterocycles. The number of hydrogen-bond donors (Lipinski definition) is 0. The average molecular weight is 313 g/mol. The summed E-state index contributed by atoms with van der Waals surface area (Å²) < 4.78 is 5.82. The van der Waals surface area contributed by atoms with E-state index < -0.39 is 0 Å². The highest BCUT2D eigenvalue weighted by Gasteiger charge is 2.30. The van der Waals surface area contributed by atoms with Gasteiger partial charge in [0.15, 0.2) is 0 Å². The van der Waals surface area contributed by atoms with E-state index in [9.17, 15) is 4.79 Å². The molecule has 5 heteroatoms. The molecule has 1 atom stereocenters. The summed E-state index contributed by atoms with van der Waals surface area (Å²) in [7, 11) is 2.08. The Morgan fingerprint density at radius 1 is 1.43 bits per heavy atom. The lowest BCUT2D eigenvalue weighted by Gasteiger charge is -2.34. The predicted molar refractivity (Wildman–Crippen MR) is 87.0 cm³/mol. The van der Waals surface area contributed by atoms with Gasteiger partial charge in [0.2, 0.25) is 0 Å². The van der Waals surface area contributed by atoms with Crippen LogP contribution in [0.5, 0.6) is 0 Å². The standard InChI is InChI=1S/C18H23N3O2/c1-20-7-8-23-17(12-20)13-21(11-14-5-6-14)18(22)16-4-2-3-15(9-16)10-19/h2-4,9,14,17H,5-8,11-13H2,1H3/t17-/m1/s1. The van der Waals surface area contributed by atoms with Crippen LogP contribution in [0.4, 0.5) is 0 Å². The quantitative estimate of drug-likeness (QED) is 0.831. The van der Waals surface area contributed by atoms with Crippen molar-refractivity contribution in [1.82, 2.24) is 9.80 Å². The number of carbonyl (C=O) groups excluding carboxylic acids is 1. The lowest BCUT2D eigenvalue weighted by molar-refractivity contribution is -0.0331. The van der Waals surface area contributed by atoms with Crippen molar-refractivity contribution < 1.29 is 9.53 Å². The second kappa shape index (κ2) is 7.12.